The monoisotopic (exact) mass is 339 g/mol. The third-order valence-corrected chi connectivity index (χ3v) is 3.37. The first-order valence-corrected chi connectivity index (χ1v) is 7.72. The van der Waals surface area contributed by atoms with E-state index in [9.17, 15) is 9.59 Å². The molecule has 134 valence electrons. The van der Waals surface area contributed by atoms with Gasteiger partial charge in [-0.05, 0) is 38.0 Å². The van der Waals surface area contributed by atoms with Crippen molar-refractivity contribution >= 4 is 11.9 Å². The van der Waals surface area contributed by atoms with Gasteiger partial charge in [-0.3, -0.25) is 9.59 Å². The van der Waals surface area contributed by atoms with Crippen LogP contribution >= 0.6 is 0 Å². The highest BCUT2D eigenvalue weighted by Crippen LogP contribution is 2.38. The van der Waals surface area contributed by atoms with E-state index in [4.69, 9.17) is 18.9 Å². The number of nitrogens with one attached hydrogen (secondary N) is 1. The van der Waals surface area contributed by atoms with Crippen LogP contribution in [0.5, 0.6) is 17.2 Å². The van der Waals surface area contributed by atoms with Crippen LogP contribution in [0.4, 0.5) is 0 Å². The van der Waals surface area contributed by atoms with Crippen LogP contribution in [-0.4, -0.2) is 45.9 Å². The highest BCUT2D eigenvalue weighted by atomic mass is 16.5. The lowest BCUT2D eigenvalue weighted by Crippen LogP contribution is -2.35. The zero-order valence-electron chi connectivity index (χ0n) is 14.8. The predicted octanol–water partition coefficient (Wildman–Crippen LogP) is 1.71. The SMILES string of the molecule is CCNC(=O)[C@@H](C)OC(=O)CCc1cc(OC)c(OC)c(OC)c1. The second-order valence-corrected chi connectivity index (χ2v) is 5.06. The molecule has 0 aliphatic heterocycles. The van der Waals surface area contributed by atoms with E-state index in [1.54, 1.807) is 26.0 Å². The molecule has 0 aliphatic rings. The van der Waals surface area contributed by atoms with Crippen molar-refractivity contribution in [2.45, 2.75) is 32.8 Å². The molecule has 0 heterocycles. The molecule has 7 heteroatoms. The minimum atomic E-state index is -0.808. The van der Waals surface area contributed by atoms with Gasteiger partial charge in [-0.2, -0.15) is 0 Å². The Balaban J connectivity index is 2.70. The van der Waals surface area contributed by atoms with Crippen LogP contribution in [0, 0.1) is 0 Å². The summed E-state index contributed by atoms with van der Waals surface area (Å²) >= 11 is 0. The summed E-state index contributed by atoms with van der Waals surface area (Å²) in [5.41, 5.74) is 0.840. The Bertz CT molecular complexity index is 547. The second-order valence-electron chi connectivity index (χ2n) is 5.06. The maximum absolute atomic E-state index is 11.9. The Labute approximate surface area is 142 Å². The number of benzene rings is 1. The zero-order chi connectivity index (χ0) is 18.1. The summed E-state index contributed by atoms with van der Waals surface area (Å²) in [6.07, 6.45) is -0.238. The number of carbonyl (C=O) groups is 2. The maximum Gasteiger partial charge on any atom is 0.306 e. The van der Waals surface area contributed by atoms with Crippen LogP contribution in [0.3, 0.4) is 0 Å². The molecule has 1 rings (SSSR count). The third-order valence-electron chi connectivity index (χ3n) is 3.37. The summed E-state index contributed by atoms with van der Waals surface area (Å²) in [4.78, 5) is 23.4. The van der Waals surface area contributed by atoms with Gasteiger partial charge in [0.15, 0.2) is 17.6 Å². The largest absolute Gasteiger partial charge is 0.493 e. The Kier molecular flexibility index (Phi) is 7.88. The fourth-order valence-electron chi connectivity index (χ4n) is 2.15. The second kappa shape index (κ2) is 9.64. The molecule has 7 nitrogen and oxygen atoms in total. The molecule has 1 amide bonds. The lowest BCUT2D eigenvalue weighted by atomic mass is 10.1. The average Bonchev–Trinajstić information content (AvgIpc) is 2.58. The van der Waals surface area contributed by atoms with E-state index in [0.29, 0.717) is 30.2 Å². The summed E-state index contributed by atoms with van der Waals surface area (Å²) in [6, 6.07) is 3.56. The lowest BCUT2D eigenvalue weighted by molar-refractivity contribution is -0.154. The molecule has 1 aromatic carbocycles. The molecule has 0 aliphatic carbocycles. The van der Waals surface area contributed by atoms with Crippen LogP contribution in [0.2, 0.25) is 0 Å². The zero-order valence-corrected chi connectivity index (χ0v) is 14.8. The van der Waals surface area contributed by atoms with Crippen molar-refractivity contribution in [2.24, 2.45) is 0 Å². The lowest BCUT2D eigenvalue weighted by Gasteiger charge is -2.15. The van der Waals surface area contributed by atoms with Gasteiger partial charge in [0, 0.05) is 13.0 Å². The first kappa shape index (κ1) is 19.6. The fraction of sp³-hybridized carbons (Fsp3) is 0.529. The van der Waals surface area contributed by atoms with Gasteiger partial charge in [-0.15, -0.1) is 0 Å². The van der Waals surface area contributed by atoms with Gasteiger partial charge < -0.3 is 24.3 Å². The fourth-order valence-corrected chi connectivity index (χ4v) is 2.15. The van der Waals surface area contributed by atoms with Crippen molar-refractivity contribution in [3.05, 3.63) is 17.7 Å². The molecule has 0 spiro atoms. The van der Waals surface area contributed by atoms with Gasteiger partial charge in [-0.25, -0.2) is 0 Å². The molecule has 0 fully saturated rings. The smallest absolute Gasteiger partial charge is 0.306 e. The number of ether oxygens (including phenoxy) is 4. The van der Waals surface area contributed by atoms with E-state index < -0.39 is 12.1 Å². The van der Waals surface area contributed by atoms with E-state index >= 15 is 0 Å². The molecular formula is C17H25NO6. The van der Waals surface area contributed by atoms with Crippen LogP contribution in [0.1, 0.15) is 25.8 Å². The molecule has 1 aromatic rings. The minimum absolute atomic E-state index is 0.141. The van der Waals surface area contributed by atoms with Gasteiger partial charge >= 0.3 is 5.97 Å². The predicted molar refractivity (Wildman–Crippen MR) is 88.7 cm³/mol. The first-order valence-electron chi connectivity index (χ1n) is 7.72. The first-order chi connectivity index (χ1) is 11.5. The normalized spacial score (nSPS) is 11.4. The summed E-state index contributed by atoms with van der Waals surface area (Å²) in [6.45, 7) is 3.84. The van der Waals surface area contributed by atoms with E-state index in [0.717, 1.165) is 5.56 Å². The topological polar surface area (TPSA) is 83.1 Å². The molecule has 0 saturated carbocycles. The molecular weight excluding hydrogens is 314 g/mol. The maximum atomic E-state index is 11.9. The van der Waals surface area contributed by atoms with Crippen molar-refractivity contribution in [3.8, 4) is 17.2 Å². The molecule has 1 atom stereocenters. The van der Waals surface area contributed by atoms with Gasteiger partial charge in [0.25, 0.3) is 5.91 Å². The quantitative estimate of drug-likeness (QED) is 0.690. The van der Waals surface area contributed by atoms with Crippen LogP contribution in [-0.2, 0) is 20.7 Å². The number of hydrogen-bond acceptors (Lipinski definition) is 6. The van der Waals surface area contributed by atoms with Crippen LogP contribution in [0.15, 0.2) is 12.1 Å². The van der Waals surface area contributed by atoms with Gasteiger partial charge in [0.1, 0.15) is 0 Å². The van der Waals surface area contributed by atoms with Gasteiger partial charge in [0.05, 0.1) is 21.3 Å². The molecule has 0 saturated heterocycles. The Hall–Kier alpha value is -2.44. The number of carbonyl (C=O) groups excluding carboxylic acids is 2. The molecule has 0 bridgehead atoms. The number of rotatable bonds is 9. The van der Waals surface area contributed by atoms with E-state index in [2.05, 4.69) is 5.32 Å². The number of esters is 1. The van der Waals surface area contributed by atoms with Crippen LogP contribution < -0.4 is 19.5 Å². The average molecular weight is 339 g/mol. The van der Waals surface area contributed by atoms with E-state index in [1.165, 1.54) is 21.3 Å². The van der Waals surface area contributed by atoms with Crippen molar-refractivity contribution in [1.29, 1.82) is 0 Å². The molecule has 1 N–H and O–H groups in total. The Morgan fingerprint density at radius 2 is 1.67 bits per heavy atom. The van der Waals surface area contributed by atoms with Gasteiger partial charge in [-0.1, -0.05) is 0 Å². The Morgan fingerprint density at radius 3 is 2.12 bits per heavy atom. The standard InChI is InChI=1S/C17H25NO6/c1-6-18-17(20)11(2)24-15(19)8-7-12-9-13(21-3)16(23-5)14(10-12)22-4/h9-11H,6-8H2,1-5H3,(H,18,20)/t11-/m1/s1. The number of hydrogen-bond donors (Lipinski definition) is 1. The summed E-state index contributed by atoms with van der Waals surface area (Å²) < 4.78 is 20.9. The number of amides is 1. The summed E-state index contributed by atoms with van der Waals surface area (Å²) in [5.74, 6) is 0.796. The van der Waals surface area contributed by atoms with E-state index in [1.807, 2.05) is 0 Å². The van der Waals surface area contributed by atoms with Crippen molar-refractivity contribution in [3.63, 3.8) is 0 Å². The molecule has 24 heavy (non-hydrogen) atoms. The van der Waals surface area contributed by atoms with Crippen molar-refractivity contribution in [1.82, 2.24) is 5.32 Å². The van der Waals surface area contributed by atoms with Crippen LogP contribution in [0.25, 0.3) is 0 Å². The Morgan fingerprint density at radius 1 is 1.08 bits per heavy atom. The third kappa shape index (κ3) is 5.33. The molecule has 0 aromatic heterocycles. The summed E-state index contributed by atoms with van der Waals surface area (Å²) in [7, 11) is 4.59. The minimum Gasteiger partial charge on any atom is -0.493 e. The number of likely N-dealkylation sites (N-methyl/N-ethyl adjacent to an activating group) is 1. The molecule has 0 unspecified atom stereocenters. The number of aryl methyl sites for hydroxylation is 1. The number of methoxy groups -OCH3 is 3. The highest BCUT2D eigenvalue weighted by molar-refractivity contribution is 5.83. The van der Waals surface area contributed by atoms with Crippen molar-refractivity contribution in [2.75, 3.05) is 27.9 Å². The van der Waals surface area contributed by atoms with E-state index in [-0.39, 0.29) is 12.3 Å². The molecule has 0 radical (unpaired) electrons. The van der Waals surface area contributed by atoms with Crippen molar-refractivity contribution < 1.29 is 28.5 Å². The van der Waals surface area contributed by atoms with Gasteiger partial charge in [0.2, 0.25) is 5.75 Å². The summed E-state index contributed by atoms with van der Waals surface area (Å²) in [5, 5.41) is 2.60. The highest BCUT2D eigenvalue weighted by Gasteiger charge is 2.18.